The molecule has 1 fully saturated rings. The fourth-order valence-electron chi connectivity index (χ4n) is 1.49. The third-order valence-corrected chi connectivity index (χ3v) is 2.51. The summed E-state index contributed by atoms with van der Waals surface area (Å²) in [5, 5.41) is 12.5. The average Bonchev–Trinajstić information content (AvgIpc) is 2.81. The molecule has 1 unspecified atom stereocenters. The zero-order valence-electron chi connectivity index (χ0n) is 8.21. The molecule has 0 heterocycles. The molecule has 0 aliphatic heterocycles. The lowest BCUT2D eigenvalue weighted by molar-refractivity contribution is 0.184. The Morgan fingerprint density at radius 3 is 2.58 bits per heavy atom. The summed E-state index contributed by atoms with van der Waals surface area (Å²) in [6.07, 6.45) is 5.13. The van der Waals surface area contributed by atoms with Crippen LogP contribution in [0.1, 0.15) is 39.5 Å². The fourth-order valence-corrected chi connectivity index (χ4v) is 1.49. The van der Waals surface area contributed by atoms with E-state index >= 15 is 0 Å². The summed E-state index contributed by atoms with van der Waals surface area (Å²) < 4.78 is 0. The van der Waals surface area contributed by atoms with Gasteiger partial charge in [-0.25, -0.2) is 0 Å². The molecule has 0 radical (unpaired) electrons. The predicted octanol–water partition coefficient (Wildman–Crippen LogP) is 1.54. The molecular formula is C10H21NO. The largest absolute Gasteiger partial charge is 0.392 e. The minimum atomic E-state index is -0.210. The van der Waals surface area contributed by atoms with Crippen molar-refractivity contribution in [3.05, 3.63) is 0 Å². The second kappa shape index (κ2) is 4.83. The van der Waals surface area contributed by atoms with Gasteiger partial charge in [0.05, 0.1) is 6.10 Å². The highest BCUT2D eigenvalue weighted by Gasteiger charge is 2.24. The molecule has 1 saturated carbocycles. The molecule has 0 saturated heterocycles. The number of hydrogen-bond donors (Lipinski definition) is 2. The number of rotatable bonds is 6. The first-order valence-corrected chi connectivity index (χ1v) is 5.13. The molecule has 1 aliphatic carbocycles. The molecule has 2 heteroatoms. The van der Waals surface area contributed by atoms with Crippen LogP contribution in [-0.4, -0.2) is 23.8 Å². The Balaban J connectivity index is 2.06. The van der Waals surface area contributed by atoms with Crippen molar-refractivity contribution in [2.75, 3.05) is 6.54 Å². The Morgan fingerprint density at radius 1 is 1.50 bits per heavy atom. The Labute approximate surface area is 75.4 Å². The van der Waals surface area contributed by atoms with Crippen molar-refractivity contribution in [2.24, 2.45) is 5.92 Å². The van der Waals surface area contributed by atoms with Gasteiger partial charge in [-0.05, 0) is 25.7 Å². The third kappa shape index (κ3) is 4.07. The molecule has 0 amide bonds. The first-order chi connectivity index (χ1) is 5.72. The van der Waals surface area contributed by atoms with Crippen molar-refractivity contribution in [2.45, 2.75) is 51.7 Å². The highest BCUT2D eigenvalue weighted by atomic mass is 16.3. The van der Waals surface area contributed by atoms with Crippen molar-refractivity contribution in [3.63, 3.8) is 0 Å². The van der Waals surface area contributed by atoms with Gasteiger partial charge in [-0.15, -0.1) is 0 Å². The molecule has 2 N–H and O–H groups in total. The Morgan fingerprint density at radius 2 is 2.17 bits per heavy atom. The van der Waals surface area contributed by atoms with E-state index in [0.29, 0.717) is 6.04 Å². The highest BCUT2D eigenvalue weighted by molar-refractivity contribution is 4.79. The molecule has 12 heavy (non-hydrogen) atoms. The molecular weight excluding hydrogens is 150 g/mol. The van der Waals surface area contributed by atoms with Crippen LogP contribution in [0.15, 0.2) is 0 Å². The SMILES string of the molecule is CCC(CC1CC1)NC[C@@H](C)O. The average molecular weight is 171 g/mol. The lowest BCUT2D eigenvalue weighted by Gasteiger charge is -2.17. The summed E-state index contributed by atoms with van der Waals surface area (Å²) in [4.78, 5) is 0. The van der Waals surface area contributed by atoms with Crippen molar-refractivity contribution < 1.29 is 5.11 Å². The van der Waals surface area contributed by atoms with Crippen LogP contribution in [-0.2, 0) is 0 Å². The zero-order valence-corrected chi connectivity index (χ0v) is 8.21. The van der Waals surface area contributed by atoms with Crippen molar-refractivity contribution in [3.8, 4) is 0 Å². The predicted molar refractivity (Wildman–Crippen MR) is 51.1 cm³/mol. The zero-order chi connectivity index (χ0) is 8.97. The molecule has 0 bridgehead atoms. The normalized spacial score (nSPS) is 22.2. The van der Waals surface area contributed by atoms with Gasteiger partial charge in [-0.2, -0.15) is 0 Å². The maximum Gasteiger partial charge on any atom is 0.0636 e. The van der Waals surface area contributed by atoms with Gasteiger partial charge in [-0.3, -0.25) is 0 Å². The monoisotopic (exact) mass is 171 g/mol. The van der Waals surface area contributed by atoms with E-state index in [1.807, 2.05) is 6.92 Å². The van der Waals surface area contributed by atoms with Crippen LogP contribution in [0, 0.1) is 5.92 Å². The van der Waals surface area contributed by atoms with Crippen molar-refractivity contribution in [1.82, 2.24) is 5.32 Å². The minimum absolute atomic E-state index is 0.210. The summed E-state index contributed by atoms with van der Waals surface area (Å²) >= 11 is 0. The maximum atomic E-state index is 9.08. The van der Waals surface area contributed by atoms with E-state index in [9.17, 15) is 0 Å². The second-order valence-corrected chi connectivity index (χ2v) is 4.04. The standard InChI is InChI=1S/C10H21NO/c1-3-10(6-9-4-5-9)11-7-8(2)12/h8-12H,3-7H2,1-2H3/t8-,10?/m1/s1. The van der Waals surface area contributed by atoms with E-state index in [1.165, 1.54) is 25.7 Å². The third-order valence-electron chi connectivity index (χ3n) is 2.51. The number of nitrogens with one attached hydrogen (secondary N) is 1. The molecule has 0 aromatic heterocycles. The van der Waals surface area contributed by atoms with Gasteiger partial charge in [0.15, 0.2) is 0 Å². The molecule has 2 nitrogen and oxygen atoms in total. The molecule has 2 atom stereocenters. The van der Waals surface area contributed by atoms with Gasteiger partial charge in [0, 0.05) is 12.6 Å². The van der Waals surface area contributed by atoms with Gasteiger partial charge in [0.1, 0.15) is 0 Å². The van der Waals surface area contributed by atoms with E-state index in [0.717, 1.165) is 12.5 Å². The maximum absolute atomic E-state index is 9.08. The Hall–Kier alpha value is -0.0800. The van der Waals surface area contributed by atoms with Crippen LogP contribution < -0.4 is 5.32 Å². The van der Waals surface area contributed by atoms with Gasteiger partial charge < -0.3 is 10.4 Å². The lowest BCUT2D eigenvalue weighted by Crippen LogP contribution is -2.34. The van der Waals surface area contributed by atoms with Crippen LogP contribution in [0.3, 0.4) is 0 Å². The van der Waals surface area contributed by atoms with Crippen molar-refractivity contribution >= 4 is 0 Å². The van der Waals surface area contributed by atoms with E-state index < -0.39 is 0 Å². The number of aliphatic hydroxyl groups excluding tert-OH is 1. The lowest BCUT2D eigenvalue weighted by atomic mass is 10.1. The summed E-state index contributed by atoms with van der Waals surface area (Å²) in [5.74, 6) is 0.983. The second-order valence-electron chi connectivity index (χ2n) is 4.04. The van der Waals surface area contributed by atoms with E-state index in [1.54, 1.807) is 0 Å². The molecule has 1 rings (SSSR count). The molecule has 1 aliphatic rings. The van der Waals surface area contributed by atoms with Crippen LogP contribution in [0.5, 0.6) is 0 Å². The highest BCUT2D eigenvalue weighted by Crippen LogP contribution is 2.33. The molecule has 0 aromatic carbocycles. The quantitative estimate of drug-likeness (QED) is 0.635. The smallest absolute Gasteiger partial charge is 0.0636 e. The van der Waals surface area contributed by atoms with E-state index in [2.05, 4.69) is 12.2 Å². The molecule has 0 spiro atoms. The van der Waals surface area contributed by atoms with Crippen molar-refractivity contribution in [1.29, 1.82) is 0 Å². The van der Waals surface area contributed by atoms with Crippen LogP contribution >= 0.6 is 0 Å². The summed E-state index contributed by atoms with van der Waals surface area (Å²) in [5.41, 5.74) is 0. The fraction of sp³-hybridized carbons (Fsp3) is 1.00. The van der Waals surface area contributed by atoms with Gasteiger partial charge in [0.25, 0.3) is 0 Å². The van der Waals surface area contributed by atoms with Crippen LogP contribution in [0.4, 0.5) is 0 Å². The van der Waals surface area contributed by atoms with E-state index in [-0.39, 0.29) is 6.10 Å². The Kier molecular flexibility index (Phi) is 4.02. The number of aliphatic hydroxyl groups is 1. The van der Waals surface area contributed by atoms with Crippen LogP contribution in [0.25, 0.3) is 0 Å². The molecule has 0 aromatic rings. The van der Waals surface area contributed by atoms with E-state index in [4.69, 9.17) is 5.11 Å². The summed E-state index contributed by atoms with van der Waals surface area (Å²) in [7, 11) is 0. The summed E-state index contributed by atoms with van der Waals surface area (Å²) in [6.45, 7) is 4.78. The summed E-state index contributed by atoms with van der Waals surface area (Å²) in [6, 6.07) is 0.632. The van der Waals surface area contributed by atoms with Crippen LogP contribution in [0.2, 0.25) is 0 Å². The molecule has 72 valence electrons. The minimum Gasteiger partial charge on any atom is -0.392 e. The van der Waals surface area contributed by atoms with Gasteiger partial charge in [0.2, 0.25) is 0 Å². The first kappa shape index (κ1) is 10.0. The number of hydrogen-bond acceptors (Lipinski definition) is 2. The topological polar surface area (TPSA) is 32.3 Å². The van der Waals surface area contributed by atoms with Gasteiger partial charge >= 0.3 is 0 Å². The Bertz CT molecular complexity index is 121. The van der Waals surface area contributed by atoms with Gasteiger partial charge in [-0.1, -0.05) is 19.8 Å². The first-order valence-electron chi connectivity index (χ1n) is 5.13.